The molecule has 1 heterocycles. The lowest BCUT2D eigenvalue weighted by molar-refractivity contribution is -0.223. The van der Waals surface area contributed by atoms with Gasteiger partial charge in [-0.25, -0.2) is 0 Å². The van der Waals surface area contributed by atoms with Crippen molar-refractivity contribution in [2.75, 3.05) is 21.3 Å². The molecule has 0 bridgehead atoms. The topological polar surface area (TPSA) is 46.2 Å². The van der Waals surface area contributed by atoms with Crippen molar-refractivity contribution < 1.29 is 22.8 Å². The molecule has 5 nitrogen and oxygen atoms in total. The van der Waals surface area contributed by atoms with Crippen molar-refractivity contribution in [2.45, 2.75) is 64.9 Å². The quantitative estimate of drug-likeness (QED) is 0.555. The Bertz CT molecular complexity index is 567. The van der Waals surface area contributed by atoms with Gasteiger partial charge >= 0.3 is 8.80 Å². The third-order valence-electron chi connectivity index (χ3n) is 5.45. The molecule has 0 N–H and O–H groups in total. The van der Waals surface area contributed by atoms with Crippen molar-refractivity contribution >= 4 is 8.80 Å². The van der Waals surface area contributed by atoms with Gasteiger partial charge in [-0.3, -0.25) is 0 Å². The van der Waals surface area contributed by atoms with Gasteiger partial charge in [-0.15, -0.1) is 0 Å². The minimum absolute atomic E-state index is 0.357. The van der Waals surface area contributed by atoms with E-state index in [9.17, 15) is 0 Å². The van der Waals surface area contributed by atoms with Crippen LogP contribution in [0, 0.1) is 5.92 Å². The molecule has 2 unspecified atom stereocenters. The lowest BCUT2D eigenvalue weighted by atomic mass is 9.95. The summed E-state index contributed by atoms with van der Waals surface area (Å²) in [6, 6.07) is 7.21. The number of fused-ring (bicyclic) bond motifs is 1. The van der Waals surface area contributed by atoms with E-state index >= 15 is 0 Å². The lowest BCUT2D eigenvalue weighted by Gasteiger charge is -2.40. The first-order valence-corrected chi connectivity index (χ1v) is 11.5. The van der Waals surface area contributed by atoms with Gasteiger partial charge in [0.15, 0.2) is 0 Å². The predicted molar refractivity (Wildman–Crippen MR) is 104 cm³/mol. The van der Waals surface area contributed by atoms with Crippen LogP contribution < -0.4 is 4.74 Å². The van der Waals surface area contributed by atoms with Gasteiger partial charge < -0.3 is 22.8 Å². The molecule has 0 spiro atoms. The Morgan fingerprint density at radius 3 is 2.50 bits per heavy atom. The highest BCUT2D eigenvalue weighted by Crippen LogP contribution is 2.37. The molecule has 0 radical (unpaired) electrons. The summed E-state index contributed by atoms with van der Waals surface area (Å²) in [4.78, 5) is 0. The first kappa shape index (κ1) is 21.4. The summed E-state index contributed by atoms with van der Waals surface area (Å²) in [5.74, 6) is 0.765. The maximum Gasteiger partial charge on any atom is 0.500 e. The molecule has 0 amide bonds. The van der Waals surface area contributed by atoms with E-state index < -0.39 is 14.6 Å². The van der Waals surface area contributed by atoms with Crippen molar-refractivity contribution in [1.29, 1.82) is 0 Å². The largest absolute Gasteiger partial charge is 0.500 e. The Balaban J connectivity index is 1.98. The number of rotatable bonds is 10. The van der Waals surface area contributed by atoms with Gasteiger partial charge in [0, 0.05) is 45.8 Å². The van der Waals surface area contributed by atoms with Crippen LogP contribution in [-0.2, 0) is 31.0 Å². The second-order valence-corrected chi connectivity index (χ2v) is 10.3. The summed E-state index contributed by atoms with van der Waals surface area (Å²) < 4.78 is 28.8. The molecule has 0 aliphatic carbocycles. The Kier molecular flexibility index (Phi) is 7.67. The molecule has 1 aromatic rings. The van der Waals surface area contributed by atoms with E-state index in [0.29, 0.717) is 12.5 Å². The molecule has 26 heavy (non-hydrogen) atoms. The van der Waals surface area contributed by atoms with Crippen molar-refractivity contribution in [3.8, 4) is 5.75 Å². The summed E-state index contributed by atoms with van der Waals surface area (Å²) >= 11 is 0. The zero-order valence-corrected chi connectivity index (χ0v) is 18.1. The molecule has 1 aliphatic heterocycles. The van der Waals surface area contributed by atoms with Crippen LogP contribution in [0.15, 0.2) is 18.2 Å². The SMILES string of the molecule is CCCC(C)C1(C)OCc2cc(CCC[Si](OC)(OC)OC)ccc2O1. The second-order valence-electron chi connectivity index (χ2n) is 7.19. The molecule has 2 atom stereocenters. The zero-order valence-electron chi connectivity index (χ0n) is 17.1. The molecule has 0 fully saturated rings. The number of aryl methyl sites for hydroxylation is 1. The minimum atomic E-state index is -2.49. The molecule has 0 saturated carbocycles. The van der Waals surface area contributed by atoms with Crippen LogP contribution in [0.25, 0.3) is 0 Å². The van der Waals surface area contributed by atoms with E-state index in [-0.39, 0.29) is 0 Å². The smallest absolute Gasteiger partial charge is 0.462 e. The van der Waals surface area contributed by atoms with Crippen molar-refractivity contribution in [2.24, 2.45) is 5.92 Å². The maximum absolute atomic E-state index is 6.22. The minimum Gasteiger partial charge on any atom is -0.462 e. The molecule has 0 aromatic heterocycles. The van der Waals surface area contributed by atoms with E-state index in [4.69, 9.17) is 22.8 Å². The van der Waals surface area contributed by atoms with E-state index in [1.54, 1.807) is 21.3 Å². The van der Waals surface area contributed by atoms with Crippen LogP contribution >= 0.6 is 0 Å². The molecule has 1 aliphatic rings. The van der Waals surface area contributed by atoms with E-state index in [0.717, 1.165) is 43.0 Å². The zero-order chi connectivity index (χ0) is 19.2. The normalized spacial score (nSPS) is 21.2. The number of benzene rings is 1. The highest BCUT2D eigenvalue weighted by Gasteiger charge is 2.38. The van der Waals surface area contributed by atoms with Crippen molar-refractivity contribution in [3.05, 3.63) is 29.3 Å². The van der Waals surface area contributed by atoms with Crippen LogP contribution in [0.5, 0.6) is 5.75 Å². The summed E-state index contributed by atoms with van der Waals surface area (Å²) in [6.07, 6.45) is 4.12. The molecule has 0 saturated heterocycles. The average molecular weight is 383 g/mol. The summed E-state index contributed by atoms with van der Waals surface area (Å²) in [5.41, 5.74) is 2.39. The highest BCUT2D eigenvalue weighted by molar-refractivity contribution is 6.60. The van der Waals surface area contributed by atoms with E-state index in [2.05, 4.69) is 39.0 Å². The first-order chi connectivity index (χ1) is 12.4. The molecular weight excluding hydrogens is 348 g/mol. The van der Waals surface area contributed by atoms with E-state index in [1.807, 2.05) is 0 Å². The Morgan fingerprint density at radius 2 is 1.88 bits per heavy atom. The molecular formula is C20H34O5Si. The van der Waals surface area contributed by atoms with Crippen LogP contribution in [0.1, 0.15) is 51.2 Å². The Morgan fingerprint density at radius 1 is 1.19 bits per heavy atom. The van der Waals surface area contributed by atoms with Crippen LogP contribution in [0.2, 0.25) is 6.04 Å². The van der Waals surface area contributed by atoms with Gasteiger partial charge in [0.05, 0.1) is 6.61 Å². The second kappa shape index (κ2) is 9.33. The van der Waals surface area contributed by atoms with Crippen molar-refractivity contribution in [3.63, 3.8) is 0 Å². The van der Waals surface area contributed by atoms with Crippen LogP contribution in [0.3, 0.4) is 0 Å². The van der Waals surface area contributed by atoms with E-state index in [1.165, 1.54) is 5.56 Å². The van der Waals surface area contributed by atoms with Crippen LogP contribution in [-0.4, -0.2) is 35.9 Å². The third kappa shape index (κ3) is 4.87. The molecule has 6 heteroatoms. The fourth-order valence-electron chi connectivity index (χ4n) is 3.47. The van der Waals surface area contributed by atoms with Gasteiger partial charge in [-0.2, -0.15) is 0 Å². The number of ether oxygens (including phenoxy) is 2. The van der Waals surface area contributed by atoms with Crippen LogP contribution in [0.4, 0.5) is 0 Å². The fourth-order valence-corrected chi connectivity index (χ4v) is 5.19. The molecule has 1 aromatic carbocycles. The Hall–Kier alpha value is -0.923. The highest BCUT2D eigenvalue weighted by atomic mass is 28.4. The van der Waals surface area contributed by atoms with Gasteiger partial charge in [0.1, 0.15) is 5.75 Å². The van der Waals surface area contributed by atoms with Gasteiger partial charge in [0.2, 0.25) is 5.79 Å². The van der Waals surface area contributed by atoms with Gasteiger partial charge in [-0.05, 0) is 37.0 Å². The number of hydrogen-bond donors (Lipinski definition) is 0. The fraction of sp³-hybridized carbons (Fsp3) is 0.700. The monoisotopic (exact) mass is 382 g/mol. The lowest BCUT2D eigenvalue weighted by Crippen LogP contribution is -2.44. The molecule has 2 rings (SSSR count). The Labute approximate surface area is 159 Å². The standard InChI is InChI=1S/C20H34O5Si/c1-7-9-16(2)20(3)24-15-18-14-17(11-12-19(18)25-20)10-8-13-26(21-4,22-5)23-6/h11-12,14,16H,7-10,13,15H2,1-6H3. The molecule has 148 valence electrons. The average Bonchev–Trinajstić information content (AvgIpc) is 2.66. The third-order valence-corrected chi connectivity index (χ3v) is 8.28. The summed E-state index contributed by atoms with van der Waals surface area (Å²) in [5, 5.41) is 0. The summed E-state index contributed by atoms with van der Waals surface area (Å²) in [7, 11) is 2.48. The van der Waals surface area contributed by atoms with Gasteiger partial charge in [-0.1, -0.05) is 26.3 Å². The maximum atomic E-state index is 6.22. The summed E-state index contributed by atoms with van der Waals surface area (Å²) in [6.45, 7) is 7.03. The van der Waals surface area contributed by atoms with Crippen molar-refractivity contribution in [1.82, 2.24) is 0 Å². The predicted octanol–water partition coefficient (Wildman–Crippen LogP) is 4.56. The number of hydrogen-bond acceptors (Lipinski definition) is 5. The van der Waals surface area contributed by atoms with Gasteiger partial charge in [0.25, 0.3) is 0 Å². The first-order valence-electron chi connectivity index (χ1n) is 9.52.